The number of amides is 1. The summed E-state index contributed by atoms with van der Waals surface area (Å²) in [5.41, 5.74) is 6.34. The van der Waals surface area contributed by atoms with Crippen molar-refractivity contribution in [2.45, 2.75) is 0 Å². The van der Waals surface area contributed by atoms with Crippen LogP contribution in [-0.2, 0) is 4.52 Å². The van der Waals surface area contributed by atoms with Crippen molar-refractivity contribution < 1.29 is 14.1 Å². The molecule has 20 heavy (non-hydrogen) atoms. The van der Waals surface area contributed by atoms with E-state index in [0.717, 1.165) is 17.8 Å². The van der Waals surface area contributed by atoms with Gasteiger partial charge in [-0.2, -0.15) is 0 Å². The van der Waals surface area contributed by atoms with Crippen LogP contribution in [0.1, 0.15) is 20.7 Å². The van der Waals surface area contributed by atoms with Crippen LogP contribution in [0.4, 0.5) is 0 Å². The lowest BCUT2D eigenvalue weighted by Crippen LogP contribution is -2.25. The van der Waals surface area contributed by atoms with Crippen LogP contribution in [0.3, 0.4) is 0 Å². The van der Waals surface area contributed by atoms with E-state index in [2.05, 4.69) is 5.32 Å². The molecule has 0 saturated carbocycles. The highest BCUT2D eigenvalue weighted by Gasteiger charge is 2.04. The van der Waals surface area contributed by atoms with E-state index >= 15 is 0 Å². The summed E-state index contributed by atoms with van der Waals surface area (Å²) in [6.07, 6.45) is 0.754. The second-order valence-electron chi connectivity index (χ2n) is 3.61. The second kappa shape index (κ2) is 11.1. The zero-order chi connectivity index (χ0) is 14.6. The summed E-state index contributed by atoms with van der Waals surface area (Å²) in [5, 5.41) is 2.83. The molecule has 0 bridgehead atoms. The Hall–Kier alpha value is -0.590. The summed E-state index contributed by atoms with van der Waals surface area (Å²) in [5.74, 6) is 1.59. The number of rotatable bonds is 10. The molecule has 5 nitrogen and oxygen atoms in total. The topological polar surface area (TPSA) is 81.4 Å². The Labute approximate surface area is 128 Å². The minimum absolute atomic E-state index is 0.0480. The van der Waals surface area contributed by atoms with Crippen LogP contribution in [0.5, 0.6) is 0 Å². The van der Waals surface area contributed by atoms with Crippen molar-refractivity contribution in [3.63, 3.8) is 0 Å². The van der Waals surface area contributed by atoms with Crippen molar-refractivity contribution in [2.24, 2.45) is 5.50 Å². The van der Waals surface area contributed by atoms with E-state index in [0.29, 0.717) is 24.3 Å². The quantitative estimate of drug-likeness (QED) is 0.295. The molecule has 8 heteroatoms. The Bertz CT molecular complexity index is 418. The number of hydrogen-bond acceptors (Lipinski definition) is 6. The molecule has 0 spiro atoms. The molecule has 0 radical (unpaired) electrons. The van der Waals surface area contributed by atoms with Crippen molar-refractivity contribution in [1.29, 1.82) is 0 Å². The third-order valence-corrected chi connectivity index (χ3v) is 4.96. The van der Waals surface area contributed by atoms with Crippen molar-refractivity contribution >= 4 is 42.7 Å². The van der Waals surface area contributed by atoms with Gasteiger partial charge in [0.2, 0.25) is 0 Å². The van der Waals surface area contributed by atoms with E-state index in [4.69, 9.17) is 10.0 Å². The van der Waals surface area contributed by atoms with Crippen molar-refractivity contribution in [3.05, 3.63) is 35.4 Å². The molecule has 0 aromatic heterocycles. The van der Waals surface area contributed by atoms with Crippen LogP contribution in [0.25, 0.3) is 0 Å². The average molecular weight is 332 g/mol. The van der Waals surface area contributed by atoms with Gasteiger partial charge in [-0.05, 0) is 12.1 Å². The van der Waals surface area contributed by atoms with Gasteiger partial charge in [-0.15, -0.1) is 0 Å². The smallest absolute Gasteiger partial charge is 0.251 e. The van der Waals surface area contributed by atoms with Crippen LogP contribution >= 0.6 is 30.5 Å². The van der Waals surface area contributed by atoms with Crippen molar-refractivity contribution in [2.75, 3.05) is 24.7 Å². The minimum Gasteiger partial charge on any atom is -0.351 e. The number of carbonyl (C=O) groups excluding carboxylic acids is 2. The summed E-state index contributed by atoms with van der Waals surface area (Å²) in [6, 6.07) is 6.55. The molecule has 1 atom stereocenters. The maximum atomic E-state index is 11.8. The maximum absolute atomic E-state index is 11.8. The standard InChI is InChI=1S/C12H17N2O3PS2/c13-18-17-6-8-20-19-7-5-14-12(16)11-3-1-10(9-15)2-4-11/h1-4,9,18H,5-8,13H2,(H,14,16). The van der Waals surface area contributed by atoms with Crippen LogP contribution in [-0.4, -0.2) is 36.9 Å². The Kier molecular flexibility index (Phi) is 9.70. The third-order valence-electron chi connectivity index (χ3n) is 2.22. The van der Waals surface area contributed by atoms with E-state index < -0.39 is 0 Å². The Morgan fingerprint density at radius 3 is 2.65 bits per heavy atom. The predicted molar refractivity (Wildman–Crippen MR) is 87.5 cm³/mol. The van der Waals surface area contributed by atoms with E-state index in [9.17, 15) is 9.59 Å². The molecule has 0 aliphatic rings. The molecule has 1 aromatic rings. The van der Waals surface area contributed by atoms with Gasteiger partial charge in [0.15, 0.2) is 0 Å². The Morgan fingerprint density at radius 2 is 2.00 bits per heavy atom. The van der Waals surface area contributed by atoms with E-state index in [1.165, 1.54) is 0 Å². The van der Waals surface area contributed by atoms with Crippen LogP contribution in [0.15, 0.2) is 24.3 Å². The molecule has 1 amide bonds. The average Bonchev–Trinajstić information content (AvgIpc) is 2.50. The molecule has 0 saturated heterocycles. The monoisotopic (exact) mass is 332 g/mol. The first kappa shape index (κ1) is 17.5. The number of benzene rings is 1. The lowest BCUT2D eigenvalue weighted by atomic mass is 10.1. The molecule has 110 valence electrons. The van der Waals surface area contributed by atoms with E-state index in [-0.39, 0.29) is 14.9 Å². The number of carbonyl (C=O) groups is 2. The van der Waals surface area contributed by atoms with Gasteiger partial charge >= 0.3 is 0 Å². The molecule has 0 aliphatic carbocycles. The zero-order valence-electron chi connectivity index (χ0n) is 10.8. The first-order valence-electron chi connectivity index (χ1n) is 5.93. The fourth-order valence-electron chi connectivity index (χ4n) is 1.27. The lowest BCUT2D eigenvalue weighted by Gasteiger charge is -2.05. The third kappa shape index (κ3) is 7.26. The molecular weight excluding hydrogens is 315 g/mol. The lowest BCUT2D eigenvalue weighted by molar-refractivity contribution is 0.0955. The molecule has 1 unspecified atom stereocenters. The van der Waals surface area contributed by atoms with Gasteiger partial charge in [0, 0.05) is 29.2 Å². The van der Waals surface area contributed by atoms with Gasteiger partial charge in [-0.25, -0.2) is 0 Å². The SMILES string of the molecule is NPOCCSSCCNC(=O)c1ccc(C=O)cc1. The normalized spacial score (nSPS) is 10.8. The fraction of sp³-hybridized carbons (Fsp3) is 0.333. The molecule has 1 rings (SSSR count). The summed E-state index contributed by atoms with van der Waals surface area (Å²) in [7, 11) is 3.43. The van der Waals surface area contributed by atoms with Crippen molar-refractivity contribution in [1.82, 2.24) is 5.32 Å². The predicted octanol–water partition coefficient (Wildman–Crippen LogP) is 2.09. The Morgan fingerprint density at radius 1 is 1.30 bits per heavy atom. The molecule has 0 heterocycles. The van der Waals surface area contributed by atoms with Crippen molar-refractivity contribution in [3.8, 4) is 0 Å². The minimum atomic E-state index is -0.124. The number of nitrogens with two attached hydrogens (primary N) is 1. The number of nitrogens with one attached hydrogen (secondary N) is 1. The highest BCUT2D eigenvalue weighted by atomic mass is 33.1. The van der Waals surface area contributed by atoms with Gasteiger partial charge < -0.3 is 9.84 Å². The molecule has 3 N–H and O–H groups in total. The van der Waals surface area contributed by atoms with E-state index in [1.54, 1.807) is 45.9 Å². The summed E-state index contributed by atoms with van der Waals surface area (Å²) >= 11 is 0. The summed E-state index contributed by atoms with van der Waals surface area (Å²) in [6.45, 7) is 1.26. The van der Waals surface area contributed by atoms with Crippen LogP contribution < -0.4 is 10.8 Å². The molecule has 1 aromatic carbocycles. The first-order chi connectivity index (χ1) is 9.77. The number of hydrogen-bond donors (Lipinski definition) is 2. The zero-order valence-corrected chi connectivity index (χ0v) is 13.5. The maximum Gasteiger partial charge on any atom is 0.251 e. The Balaban J connectivity index is 2.12. The number of aldehydes is 1. The molecule has 0 fully saturated rings. The van der Waals surface area contributed by atoms with Crippen LogP contribution in [0, 0.1) is 0 Å². The molecule has 0 aliphatic heterocycles. The van der Waals surface area contributed by atoms with Crippen LogP contribution in [0.2, 0.25) is 0 Å². The van der Waals surface area contributed by atoms with Gasteiger partial charge in [0.05, 0.1) is 15.6 Å². The van der Waals surface area contributed by atoms with Gasteiger partial charge in [0.25, 0.3) is 5.91 Å². The van der Waals surface area contributed by atoms with Gasteiger partial charge in [-0.3, -0.25) is 15.1 Å². The first-order valence-corrected chi connectivity index (χ1v) is 9.40. The summed E-state index contributed by atoms with van der Waals surface area (Å²) in [4.78, 5) is 22.3. The fourth-order valence-corrected chi connectivity index (χ4v) is 3.38. The largest absolute Gasteiger partial charge is 0.351 e. The molecular formula is C12H17N2O3PS2. The van der Waals surface area contributed by atoms with Gasteiger partial charge in [0.1, 0.15) is 6.29 Å². The second-order valence-corrected chi connectivity index (χ2v) is 6.83. The van der Waals surface area contributed by atoms with E-state index in [1.807, 2.05) is 0 Å². The summed E-state index contributed by atoms with van der Waals surface area (Å²) < 4.78 is 5.03. The van der Waals surface area contributed by atoms with Gasteiger partial charge in [-0.1, -0.05) is 33.7 Å². The highest BCUT2D eigenvalue weighted by molar-refractivity contribution is 8.76. The highest BCUT2D eigenvalue weighted by Crippen LogP contribution is 2.20.